The van der Waals surface area contributed by atoms with Crippen molar-refractivity contribution < 1.29 is 4.79 Å². The van der Waals surface area contributed by atoms with Crippen LogP contribution in [0.1, 0.15) is 20.8 Å². The van der Waals surface area contributed by atoms with Gasteiger partial charge in [0.15, 0.2) is 0 Å². The Hall–Kier alpha value is -1.39. The van der Waals surface area contributed by atoms with Gasteiger partial charge in [0.05, 0.1) is 12.1 Å². The standard InChI is InChI=1S/C12H11ClN2OS/c1-8-4-5-17-10(8)7-15-12(16)9-2-3-11(13)14-6-9/h2-6H,7H2,1H3,(H,15,16). The van der Waals surface area contributed by atoms with Gasteiger partial charge in [0.2, 0.25) is 0 Å². The normalized spacial score (nSPS) is 10.2. The van der Waals surface area contributed by atoms with Crippen molar-refractivity contribution in [2.75, 3.05) is 0 Å². The quantitative estimate of drug-likeness (QED) is 0.868. The van der Waals surface area contributed by atoms with Gasteiger partial charge in [-0.15, -0.1) is 11.3 Å². The van der Waals surface area contributed by atoms with Crippen LogP contribution in [-0.2, 0) is 6.54 Å². The highest BCUT2D eigenvalue weighted by molar-refractivity contribution is 7.10. The molecule has 0 fully saturated rings. The Balaban J connectivity index is 1.98. The molecule has 0 spiro atoms. The molecule has 0 atom stereocenters. The van der Waals surface area contributed by atoms with E-state index in [1.165, 1.54) is 16.6 Å². The summed E-state index contributed by atoms with van der Waals surface area (Å²) in [7, 11) is 0. The monoisotopic (exact) mass is 266 g/mol. The lowest BCUT2D eigenvalue weighted by Crippen LogP contribution is -2.22. The van der Waals surface area contributed by atoms with Crippen LogP contribution in [0.5, 0.6) is 0 Å². The third-order valence-corrected chi connectivity index (χ3v) is 3.61. The van der Waals surface area contributed by atoms with Gasteiger partial charge in [0, 0.05) is 11.1 Å². The van der Waals surface area contributed by atoms with Gasteiger partial charge in [-0.3, -0.25) is 4.79 Å². The molecule has 0 aliphatic heterocycles. The van der Waals surface area contributed by atoms with Crippen LogP contribution in [0.4, 0.5) is 0 Å². The molecule has 0 aliphatic rings. The molecule has 0 unspecified atom stereocenters. The first-order valence-electron chi connectivity index (χ1n) is 5.09. The number of rotatable bonds is 3. The Morgan fingerprint density at radius 3 is 2.88 bits per heavy atom. The van der Waals surface area contributed by atoms with Crippen LogP contribution >= 0.6 is 22.9 Å². The highest BCUT2D eigenvalue weighted by atomic mass is 35.5. The summed E-state index contributed by atoms with van der Waals surface area (Å²) in [5.74, 6) is -0.137. The second-order valence-corrected chi connectivity index (χ2v) is 4.97. The summed E-state index contributed by atoms with van der Waals surface area (Å²) >= 11 is 7.29. The summed E-state index contributed by atoms with van der Waals surface area (Å²) in [5.41, 5.74) is 1.72. The molecule has 0 saturated carbocycles. The van der Waals surface area contributed by atoms with Crippen molar-refractivity contribution in [3.8, 4) is 0 Å². The van der Waals surface area contributed by atoms with E-state index in [1.54, 1.807) is 23.5 Å². The van der Waals surface area contributed by atoms with Crippen LogP contribution in [0.2, 0.25) is 5.15 Å². The van der Waals surface area contributed by atoms with Crippen molar-refractivity contribution in [1.29, 1.82) is 0 Å². The van der Waals surface area contributed by atoms with Crippen LogP contribution in [0.3, 0.4) is 0 Å². The lowest BCUT2D eigenvalue weighted by Gasteiger charge is -2.04. The number of aromatic nitrogens is 1. The zero-order valence-electron chi connectivity index (χ0n) is 9.24. The van der Waals surface area contributed by atoms with E-state index in [4.69, 9.17) is 11.6 Å². The van der Waals surface area contributed by atoms with Crippen LogP contribution in [0.25, 0.3) is 0 Å². The Bertz CT molecular complexity index is 522. The number of amides is 1. The van der Waals surface area contributed by atoms with Crippen molar-refractivity contribution in [2.24, 2.45) is 0 Å². The third kappa shape index (κ3) is 3.05. The molecular weight excluding hydrogens is 256 g/mol. The number of carbonyl (C=O) groups is 1. The van der Waals surface area contributed by atoms with E-state index in [0.29, 0.717) is 17.3 Å². The first-order chi connectivity index (χ1) is 8.16. The molecule has 2 aromatic rings. The van der Waals surface area contributed by atoms with E-state index in [-0.39, 0.29) is 5.91 Å². The predicted molar refractivity (Wildman–Crippen MR) is 69.5 cm³/mol. The molecule has 2 rings (SSSR count). The minimum atomic E-state index is -0.137. The number of hydrogen-bond donors (Lipinski definition) is 1. The van der Waals surface area contributed by atoms with Crippen LogP contribution in [0, 0.1) is 6.92 Å². The first-order valence-corrected chi connectivity index (χ1v) is 6.35. The van der Waals surface area contributed by atoms with Gasteiger partial charge in [0.1, 0.15) is 5.15 Å². The largest absolute Gasteiger partial charge is 0.347 e. The molecule has 17 heavy (non-hydrogen) atoms. The van der Waals surface area contributed by atoms with E-state index in [2.05, 4.69) is 10.3 Å². The van der Waals surface area contributed by atoms with Crippen LogP contribution in [-0.4, -0.2) is 10.9 Å². The Labute approximate surface area is 108 Å². The van der Waals surface area contributed by atoms with Gasteiger partial charge < -0.3 is 5.32 Å². The van der Waals surface area contributed by atoms with Crippen LogP contribution < -0.4 is 5.32 Å². The molecule has 0 aliphatic carbocycles. The molecular formula is C12H11ClN2OS. The van der Waals surface area contributed by atoms with Gasteiger partial charge in [0.25, 0.3) is 5.91 Å². The molecule has 3 nitrogen and oxygen atoms in total. The second kappa shape index (κ2) is 5.29. The van der Waals surface area contributed by atoms with E-state index in [1.807, 2.05) is 18.4 Å². The molecule has 88 valence electrons. The summed E-state index contributed by atoms with van der Waals surface area (Å²) in [6.45, 7) is 2.58. The number of carbonyl (C=O) groups excluding carboxylic acids is 1. The van der Waals surface area contributed by atoms with Crippen molar-refractivity contribution >= 4 is 28.8 Å². The lowest BCUT2D eigenvalue weighted by molar-refractivity contribution is 0.0951. The average Bonchev–Trinajstić information content (AvgIpc) is 2.73. The van der Waals surface area contributed by atoms with Crippen molar-refractivity contribution in [1.82, 2.24) is 10.3 Å². The maximum absolute atomic E-state index is 11.8. The smallest absolute Gasteiger partial charge is 0.253 e. The molecule has 2 aromatic heterocycles. The van der Waals surface area contributed by atoms with Gasteiger partial charge in [-0.05, 0) is 36.1 Å². The van der Waals surface area contributed by atoms with Gasteiger partial charge >= 0.3 is 0 Å². The Morgan fingerprint density at radius 2 is 2.29 bits per heavy atom. The SMILES string of the molecule is Cc1ccsc1CNC(=O)c1ccc(Cl)nc1. The number of hydrogen-bond acceptors (Lipinski definition) is 3. The fourth-order valence-corrected chi connectivity index (χ4v) is 2.32. The Morgan fingerprint density at radius 1 is 1.47 bits per heavy atom. The van der Waals surface area contributed by atoms with Gasteiger partial charge in [-0.25, -0.2) is 4.98 Å². The lowest BCUT2D eigenvalue weighted by atomic mass is 10.2. The van der Waals surface area contributed by atoms with Crippen LogP contribution in [0.15, 0.2) is 29.8 Å². The highest BCUT2D eigenvalue weighted by Gasteiger charge is 2.07. The summed E-state index contributed by atoms with van der Waals surface area (Å²) in [6.07, 6.45) is 1.47. The van der Waals surface area contributed by atoms with Crippen molar-refractivity contribution in [2.45, 2.75) is 13.5 Å². The molecule has 1 amide bonds. The van der Waals surface area contributed by atoms with E-state index < -0.39 is 0 Å². The number of thiophene rings is 1. The van der Waals surface area contributed by atoms with E-state index in [0.717, 1.165) is 0 Å². The maximum Gasteiger partial charge on any atom is 0.253 e. The molecule has 0 bridgehead atoms. The molecule has 0 aromatic carbocycles. The maximum atomic E-state index is 11.8. The number of nitrogens with one attached hydrogen (secondary N) is 1. The third-order valence-electron chi connectivity index (χ3n) is 2.37. The number of pyridine rings is 1. The molecule has 2 heterocycles. The van der Waals surface area contributed by atoms with E-state index >= 15 is 0 Å². The minimum absolute atomic E-state index is 0.137. The molecule has 1 N–H and O–H groups in total. The summed E-state index contributed by atoms with van der Waals surface area (Å²) in [6, 6.07) is 5.30. The average molecular weight is 267 g/mol. The van der Waals surface area contributed by atoms with Gasteiger partial charge in [-0.1, -0.05) is 11.6 Å². The summed E-state index contributed by atoms with van der Waals surface area (Å²) in [4.78, 5) is 16.8. The van der Waals surface area contributed by atoms with Gasteiger partial charge in [-0.2, -0.15) is 0 Å². The summed E-state index contributed by atoms with van der Waals surface area (Å²) in [5, 5.41) is 5.25. The topological polar surface area (TPSA) is 42.0 Å². The zero-order valence-corrected chi connectivity index (χ0v) is 10.8. The predicted octanol–water partition coefficient (Wildman–Crippen LogP) is 3.03. The fourth-order valence-electron chi connectivity index (χ4n) is 1.36. The second-order valence-electron chi connectivity index (χ2n) is 3.58. The minimum Gasteiger partial charge on any atom is -0.347 e. The summed E-state index contributed by atoms with van der Waals surface area (Å²) < 4.78 is 0. The first kappa shape index (κ1) is 12.1. The Kier molecular flexibility index (Phi) is 3.76. The van der Waals surface area contributed by atoms with Crippen molar-refractivity contribution in [3.63, 3.8) is 0 Å². The zero-order chi connectivity index (χ0) is 12.3. The number of nitrogens with zero attached hydrogens (tertiary/aromatic N) is 1. The molecule has 0 saturated heterocycles. The molecule has 0 radical (unpaired) electrons. The fraction of sp³-hybridized carbons (Fsp3) is 0.167. The number of aryl methyl sites for hydroxylation is 1. The number of halogens is 1. The highest BCUT2D eigenvalue weighted by Crippen LogP contribution is 2.15. The van der Waals surface area contributed by atoms with Crippen molar-refractivity contribution in [3.05, 3.63) is 50.9 Å². The molecule has 5 heteroatoms. The van der Waals surface area contributed by atoms with E-state index in [9.17, 15) is 4.79 Å².